The Balaban J connectivity index is 1.65. The van der Waals surface area contributed by atoms with Gasteiger partial charge in [0.2, 0.25) is 0 Å². The number of amides is 1. The molecule has 1 aliphatic carbocycles. The number of carbonyl (C=O) groups excluding carboxylic acids is 1. The second-order valence-corrected chi connectivity index (χ2v) is 5.42. The molecule has 0 spiro atoms. The molecule has 1 heterocycles. The van der Waals surface area contributed by atoms with Gasteiger partial charge in [0.15, 0.2) is 0 Å². The molecule has 0 radical (unpaired) electrons. The van der Waals surface area contributed by atoms with Crippen LogP contribution in [0.5, 0.6) is 0 Å². The van der Waals surface area contributed by atoms with Crippen LogP contribution in [0.25, 0.3) is 0 Å². The lowest BCUT2D eigenvalue weighted by Gasteiger charge is -2.39. The van der Waals surface area contributed by atoms with E-state index in [1.807, 2.05) is 6.92 Å². The summed E-state index contributed by atoms with van der Waals surface area (Å²) >= 11 is 0. The third-order valence-corrected chi connectivity index (χ3v) is 4.03. The summed E-state index contributed by atoms with van der Waals surface area (Å²) in [6.07, 6.45) is 4.65. The van der Waals surface area contributed by atoms with Crippen molar-refractivity contribution >= 4 is 6.09 Å². The number of piperidine rings is 1. The Bertz CT molecular complexity index is 284. The van der Waals surface area contributed by atoms with Crippen LogP contribution in [0.1, 0.15) is 39.0 Å². The minimum absolute atomic E-state index is 0.200. The van der Waals surface area contributed by atoms with Crippen molar-refractivity contribution in [2.75, 3.05) is 26.2 Å². The molecular weight excluding hydrogens is 232 g/mol. The number of rotatable bonds is 4. The van der Waals surface area contributed by atoms with Gasteiger partial charge in [-0.05, 0) is 39.0 Å². The van der Waals surface area contributed by atoms with Gasteiger partial charge in [0.1, 0.15) is 0 Å². The van der Waals surface area contributed by atoms with Gasteiger partial charge in [-0.3, -0.25) is 0 Å². The molecule has 1 amide bonds. The zero-order valence-electron chi connectivity index (χ0n) is 11.2. The van der Waals surface area contributed by atoms with Gasteiger partial charge >= 0.3 is 6.09 Å². The standard InChI is InChI=1S/C13H24N2O3/c1-2-18-12(16)15-8-4-11(5-9-15)14-10-13(17)6-3-7-13/h11,14,17H,2-10H2,1H3. The summed E-state index contributed by atoms with van der Waals surface area (Å²) in [5.74, 6) is 0. The second kappa shape index (κ2) is 5.89. The van der Waals surface area contributed by atoms with Gasteiger partial charge in [-0.15, -0.1) is 0 Å². The van der Waals surface area contributed by atoms with Crippen molar-refractivity contribution in [3.63, 3.8) is 0 Å². The van der Waals surface area contributed by atoms with Crippen molar-refractivity contribution < 1.29 is 14.6 Å². The molecule has 104 valence electrons. The highest BCUT2D eigenvalue weighted by molar-refractivity contribution is 5.67. The highest BCUT2D eigenvalue weighted by Crippen LogP contribution is 2.31. The van der Waals surface area contributed by atoms with Gasteiger partial charge in [0, 0.05) is 25.7 Å². The largest absolute Gasteiger partial charge is 0.450 e. The molecule has 0 aromatic heterocycles. The van der Waals surface area contributed by atoms with Crippen LogP contribution in [0.3, 0.4) is 0 Å². The first-order valence-corrected chi connectivity index (χ1v) is 7.00. The van der Waals surface area contributed by atoms with Gasteiger partial charge in [-0.2, -0.15) is 0 Å². The van der Waals surface area contributed by atoms with Crippen molar-refractivity contribution in [3.05, 3.63) is 0 Å². The smallest absolute Gasteiger partial charge is 0.409 e. The lowest BCUT2D eigenvalue weighted by atomic mass is 9.80. The monoisotopic (exact) mass is 256 g/mol. The number of carbonyl (C=O) groups is 1. The van der Waals surface area contributed by atoms with E-state index in [1.54, 1.807) is 4.90 Å². The van der Waals surface area contributed by atoms with Crippen molar-refractivity contribution in [2.45, 2.75) is 50.7 Å². The number of nitrogens with zero attached hydrogens (tertiary/aromatic N) is 1. The van der Waals surface area contributed by atoms with Crippen LogP contribution in [-0.2, 0) is 4.74 Å². The summed E-state index contributed by atoms with van der Waals surface area (Å²) in [4.78, 5) is 13.3. The average molecular weight is 256 g/mol. The fourth-order valence-electron chi connectivity index (χ4n) is 2.58. The zero-order valence-corrected chi connectivity index (χ0v) is 11.2. The minimum Gasteiger partial charge on any atom is -0.450 e. The first-order valence-electron chi connectivity index (χ1n) is 7.00. The van der Waals surface area contributed by atoms with Crippen molar-refractivity contribution in [1.29, 1.82) is 0 Å². The Kier molecular flexibility index (Phi) is 4.45. The molecule has 0 atom stereocenters. The van der Waals surface area contributed by atoms with Gasteiger partial charge in [-0.25, -0.2) is 4.79 Å². The number of hydrogen-bond acceptors (Lipinski definition) is 4. The summed E-state index contributed by atoms with van der Waals surface area (Å²) < 4.78 is 4.98. The van der Waals surface area contributed by atoms with Crippen LogP contribution in [0.4, 0.5) is 4.79 Å². The average Bonchev–Trinajstić information content (AvgIpc) is 2.35. The Morgan fingerprint density at radius 1 is 1.44 bits per heavy atom. The molecule has 2 fully saturated rings. The van der Waals surface area contributed by atoms with E-state index in [9.17, 15) is 9.90 Å². The quantitative estimate of drug-likeness (QED) is 0.791. The number of aliphatic hydroxyl groups is 1. The summed E-state index contributed by atoms with van der Waals surface area (Å²) in [5.41, 5.74) is -0.460. The SMILES string of the molecule is CCOC(=O)N1CCC(NCC2(O)CCC2)CC1. The predicted octanol–water partition coefficient (Wildman–Crippen LogP) is 1.11. The minimum atomic E-state index is -0.460. The summed E-state index contributed by atoms with van der Waals surface area (Å²) in [6.45, 7) is 4.44. The van der Waals surface area contributed by atoms with Crippen LogP contribution >= 0.6 is 0 Å². The summed E-state index contributed by atoms with van der Waals surface area (Å²) in [6, 6.07) is 0.417. The third kappa shape index (κ3) is 3.36. The van der Waals surface area contributed by atoms with Crippen molar-refractivity contribution in [1.82, 2.24) is 10.2 Å². The van der Waals surface area contributed by atoms with E-state index in [-0.39, 0.29) is 6.09 Å². The molecular formula is C13H24N2O3. The Morgan fingerprint density at radius 2 is 2.11 bits per heavy atom. The molecule has 5 nitrogen and oxygen atoms in total. The van der Waals surface area contributed by atoms with Crippen LogP contribution in [-0.4, -0.2) is 54.0 Å². The van der Waals surface area contributed by atoms with Gasteiger partial charge in [0.25, 0.3) is 0 Å². The van der Waals surface area contributed by atoms with Gasteiger partial charge in [0.05, 0.1) is 12.2 Å². The van der Waals surface area contributed by atoms with Crippen molar-refractivity contribution in [3.8, 4) is 0 Å². The molecule has 0 unspecified atom stereocenters. The lowest BCUT2D eigenvalue weighted by Crippen LogP contribution is -2.52. The molecule has 1 saturated carbocycles. The molecule has 1 aliphatic heterocycles. The van der Waals surface area contributed by atoms with E-state index >= 15 is 0 Å². The summed E-state index contributed by atoms with van der Waals surface area (Å²) in [5, 5.41) is 13.4. The van der Waals surface area contributed by atoms with Crippen molar-refractivity contribution in [2.24, 2.45) is 0 Å². The zero-order chi connectivity index (χ0) is 13.0. The van der Waals surface area contributed by atoms with Crippen LogP contribution in [0, 0.1) is 0 Å². The molecule has 0 aromatic rings. The maximum Gasteiger partial charge on any atom is 0.409 e. The fraction of sp³-hybridized carbons (Fsp3) is 0.923. The highest BCUT2D eigenvalue weighted by Gasteiger charge is 2.35. The topological polar surface area (TPSA) is 61.8 Å². The van der Waals surface area contributed by atoms with Crippen LogP contribution in [0.2, 0.25) is 0 Å². The second-order valence-electron chi connectivity index (χ2n) is 5.42. The Hall–Kier alpha value is -0.810. The van der Waals surface area contributed by atoms with Gasteiger partial charge in [-0.1, -0.05) is 0 Å². The molecule has 1 saturated heterocycles. The lowest BCUT2D eigenvalue weighted by molar-refractivity contribution is -0.0345. The molecule has 2 N–H and O–H groups in total. The molecule has 0 aromatic carbocycles. The maximum absolute atomic E-state index is 11.5. The molecule has 5 heteroatoms. The first-order chi connectivity index (χ1) is 8.63. The highest BCUT2D eigenvalue weighted by atomic mass is 16.6. The maximum atomic E-state index is 11.5. The number of likely N-dealkylation sites (tertiary alicyclic amines) is 1. The third-order valence-electron chi connectivity index (χ3n) is 4.03. The Labute approximate surface area is 108 Å². The molecule has 18 heavy (non-hydrogen) atoms. The predicted molar refractivity (Wildman–Crippen MR) is 68.4 cm³/mol. The normalized spacial score (nSPS) is 23.6. The van der Waals surface area contributed by atoms with E-state index in [0.29, 0.717) is 19.2 Å². The van der Waals surface area contributed by atoms with E-state index < -0.39 is 5.60 Å². The molecule has 2 rings (SSSR count). The van der Waals surface area contributed by atoms with E-state index in [4.69, 9.17) is 4.74 Å². The van der Waals surface area contributed by atoms with Crippen LogP contribution < -0.4 is 5.32 Å². The first kappa shape index (κ1) is 13.6. The molecule has 0 bridgehead atoms. The Morgan fingerprint density at radius 3 is 2.61 bits per heavy atom. The van der Waals surface area contributed by atoms with E-state index in [2.05, 4.69) is 5.32 Å². The summed E-state index contributed by atoms with van der Waals surface area (Å²) in [7, 11) is 0. The number of hydrogen-bond donors (Lipinski definition) is 2. The van der Waals surface area contributed by atoms with Gasteiger partial charge < -0.3 is 20.1 Å². The number of nitrogens with one attached hydrogen (secondary N) is 1. The fourth-order valence-corrected chi connectivity index (χ4v) is 2.58. The van der Waals surface area contributed by atoms with Crippen LogP contribution in [0.15, 0.2) is 0 Å². The molecule has 2 aliphatic rings. The van der Waals surface area contributed by atoms with E-state index in [1.165, 1.54) is 0 Å². The number of ether oxygens (including phenoxy) is 1. The van der Waals surface area contributed by atoms with E-state index in [0.717, 1.165) is 45.2 Å².